The molecule has 0 amide bonds. The lowest BCUT2D eigenvalue weighted by atomic mass is 9.96. The molecule has 0 saturated heterocycles. The largest absolute Gasteiger partial charge is 0.482 e. The van der Waals surface area contributed by atoms with Crippen molar-refractivity contribution >= 4 is 0 Å². The number of methoxy groups -OCH3 is 2. The summed E-state index contributed by atoms with van der Waals surface area (Å²) < 4.78 is 13.0. The van der Waals surface area contributed by atoms with Crippen molar-refractivity contribution in [2.45, 2.75) is 27.3 Å². The van der Waals surface area contributed by atoms with Crippen LogP contribution in [0.25, 0.3) is 11.1 Å². The summed E-state index contributed by atoms with van der Waals surface area (Å²) in [5.41, 5.74) is 1.81. The van der Waals surface area contributed by atoms with E-state index in [0.717, 1.165) is 17.7 Å². The number of pyridine rings is 1. The number of ether oxygens (including phenoxy) is 2. The molecule has 0 fully saturated rings. The second kappa shape index (κ2) is 5.19. The average Bonchev–Trinajstić information content (AvgIpc) is 2.36. The molecule has 0 atom stereocenters. The van der Waals surface area contributed by atoms with Gasteiger partial charge in [-0.2, -0.15) is 0 Å². The fraction of sp³-hybridized carbons (Fsp3) is 0.438. The first-order chi connectivity index (χ1) is 9.35. The zero-order chi connectivity index (χ0) is 14.9. The molecule has 0 spiro atoms. The fourth-order valence-electron chi connectivity index (χ4n) is 2.32. The van der Waals surface area contributed by atoms with Gasteiger partial charge in [0.2, 0.25) is 5.88 Å². The van der Waals surface area contributed by atoms with Crippen molar-refractivity contribution in [1.29, 1.82) is 0 Å². The third-order valence-corrected chi connectivity index (χ3v) is 3.08. The van der Waals surface area contributed by atoms with Gasteiger partial charge in [-0.3, -0.25) is 9.36 Å². The molecule has 1 heterocycles. The molecular formula is C16H21NO3. The van der Waals surface area contributed by atoms with Crippen LogP contribution in [0.15, 0.2) is 29.1 Å². The SMILES string of the molecule is COc1cc2cc(=O)ccc-2c(OC)n1CC(C)(C)C. The van der Waals surface area contributed by atoms with E-state index in [1.165, 1.54) is 0 Å². The highest BCUT2D eigenvalue weighted by molar-refractivity contribution is 5.71. The third kappa shape index (κ3) is 2.79. The smallest absolute Gasteiger partial charge is 0.204 e. The van der Waals surface area contributed by atoms with Crippen molar-refractivity contribution in [3.8, 4) is 22.9 Å². The molecule has 4 nitrogen and oxygen atoms in total. The second-order valence-electron chi connectivity index (χ2n) is 6.09. The Balaban J connectivity index is 2.74. The summed E-state index contributed by atoms with van der Waals surface area (Å²) in [7, 11) is 3.26. The Morgan fingerprint density at radius 3 is 2.35 bits per heavy atom. The van der Waals surface area contributed by atoms with E-state index in [9.17, 15) is 4.79 Å². The Hall–Kier alpha value is -1.97. The van der Waals surface area contributed by atoms with Crippen LogP contribution in [0.2, 0.25) is 0 Å². The molecule has 0 bridgehead atoms. The van der Waals surface area contributed by atoms with Crippen LogP contribution >= 0.6 is 0 Å². The molecule has 2 aliphatic rings. The maximum Gasteiger partial charge on any atom is 0.204 e. The van der Waals surface area contributed by atoms with Gasteiger partial charge in [-0.1, -0.05) is 20.8 Å². The lowest BCUT2D eigenvalue weighted by molar-refractivity contribution is 0.266. The number of nitrogens with zero attached hydrogens (tertiary/aromatic N) is 1. The minimum Gasteiger partial charge on any atom is -0.482 e. The molecule has 0 aromatic carbocycles. The Morgan fingerprint density at radius 2 is 1.80 bits per heavy atom. The maximum absolute atomic E-state index is 11.5. The van der Waals surface area contributed by atoms with Crippen LogP contribution in [-0.4, -0.2) is 18.8 Å². The van der Waals surface area contributed by atoms with E-state index in [4.69, 9.17) is 9.47 Å². The van der Waals surface area contributed by atoms with Gasteiger partial charge < -0.3 is 9.47 Å². The Bertz CT molecular complexity index is 637. The van der Waals surface area contributed by atoms with E-state index in [2.05, 4.69) is 20.8 Å². The molecule has 0 aromatic heterocycles. The van der Waals surface area contributed by atoms with Crippen molar-refractivity contribution in [3.63, 3.8) is 0 Å². The van der Waals surface area contributed by atoms with Crippen LogP contribution in [-0.2, 0) is 6.54 Å². The molecule has 108 valence electrons. The minimum absolute atomic E-state index is 0.0184. The lowest BCUT2D eigenvalue weighted by Crippen LogP contribution is -2.19. The van der Waals surface area contributed by atoms with Crippen molar-refractivity contribution < 1.29 is 9.47 Å². The Kier molecular flexibility index (Phi) is 3.75. The lowest BCUT2D eigenvalue weighted by Gasteiger charge is -2.27. The van der Waals surface area contributed by atoms with Gasteiger partial charge in [-0.05, 0) is 29.2 Å². The predicted octanol–water partition coefficient (Wildman–Crippen LogP) is 3.02. The van der Waals surface area contributed by atoms with E-state index in [1.807, 2.05) is 10.6 Å². The number of benzene rings is 1. The number of aromatic nitrogens is 1. The second-order valence-corrected chi connectivity index (χ2v) is 6.09. The summed E-state index contributed by atoms with van der Waals surface area (Å²) >= 11 is 0. The highest BCUT2D eigenvalue weighted by Gasteiger charge is 2.21. The number of hydrogen-bond acceptors (Lipinski definition) is 3. The normalized spacial score (nSPS) is 11.7. The molecule has 0 unspecified atom stereocenters. The van der Waals surface area contributed by atoms with Crippen LogP contribution in [0.3, 0.4) is 0 Å². The maximum atomic E-state index is 11.5. The van der Waals surface area contributed by atoms with Gasteiger partial charge >= 0.3 is 0 Å². The summed E-state index contributed by atoms with van der Waals surface area (Å²) in [4.78, 5) is 11.5. The highest BCUT2D eigenvalue weighted by atomic mass is 16.5. The first-order valence-corrected chi connectivity index (χ1v) is 6.61. The van der Waals surface area contributed by atoms with Crippen LogP contribution in [0.5, 0.6) is 11.8 Å². The first kappa shape index (κ1) is 14.4. The van der Waals surface area contributed by atoms with Gasteiger partial charge in [-0.25, -0.2) is 0 Å². The molecule has 1 aliphatic heterocycles. The summed E-state index contributed by atoms with van der Waals surface area (Å²) in [5, 5.41) is 0. The van der Waals surface area contributed by atoms with E-state index in [-0.39, 0.29) is 10.8 Å². The van der Waals surface area contributed by atoms with Gasteiger partial charge in [0.25, 0.3) is 0 Å². The fourth-order valence-corrected chi connectivity index (χ4v) is 2.32. The molecule has 20 heavy (non-hydrogen) atoms. The molecule has 0 saturated carbocycles. The van der Waals surface area contributed by atoms with Gasteiger partial charge in [0.15, 0.2) is 11.3 Å². The van der Waals surface area contributed by atoms with Crippen molar-refractivity contribution in [2.75, 3.05) is 14.2 Å². The number of fused-ring (bicyclic) bond motifs is 1. The molecule has 1 aliphatic carbocycles. The standard InChI is InChI=1S/C16H21NO3/c1-16(2,3)10-17-14(19-4)9-11-8-12(18)6-7-13(11)15(17)20-5/h6-9H,10H2,1-5H3. The molecule has 0 aromatic rings. The Morgan fingerprint density at radius 1 is 1.10 bits per heavy atom. The van der Waals surface area contributed by atoms with Crippen molar-refractivity contribution in [3.05, 3.63) is 34.5 Å². The molecule has 4 heteroatoms. The van der Waals surface area contributed by atoms with Gasteiger partial charge in [-0.15, -0.1) is 0 Å². The van der Waals surface area contributed by atoms with Crippen LogP contribution in [0, 0.1) is 5.41 Å². The quantitative estimate of drug-likeness (QED) is 0.864. The van der Waals surface area contributed by atoms with E-state index >= 15 is 0 Å². The zero-order valence-electron chi connectivity index (χ0n) is 12.7. The summed E-state index contributed by atoms with van der Waals surface area (Å²) in [6.07, 6.45) is 0. The third-order valence-electron chi connectivity index (χ3n) is 3.08. The van der Waals surface area contributed by atoms with Crippen LogP contribution < -0.4 is 14.9 Å². The van der Waals surface area contributed by atoms with E-state index < -0.39 is 0 Å². The summed E-state index contributed by atoms with van der Waals surface area (Å²) in [5.74, 6) is 1.41. The number of rotatable bonds is 3. The Labute approximate surface area is 119 Å². The molecular weight excluding hydrogens is 254 g/mol. The molecule has 2 rings (SSSR count). The van der Waals surface area contributed by atoms with E-state index in [0.29, 0.717) is 11.8 Å². The first-order valence-electron chi connectivity index (χ1n) is 6.61. The average molecular weight is 275 g/mol. The van der Waals surface area contributed by atoms with Crippen molar-refractivity contribution in [2.24, 2.45) is 5.41 Å². The monoisotopic (exact) mass is 275 g/mol. The summed E-state index contributed by atoms with van der Waals surface area (Å²) in [6.45, 7) is 7.23. The number of hydrogen-bond donors (Lipinski definition) is 0. The molecule has 0 radical (unpaired) electrons. The van der Waals surface area contributed by atoms with Crippen LogP contribution in [0.4, 0.5) is 0 Å². The topological polar surface area (TPSA) is 40.5 Å². The van der Waals surface area contributed by atoms with Gasteiger partial charge in [0.05, 0.1) is 14.2 Å². The summed E-state index contributed by atoms with van der Waals surface area (Å²) in [6, 6.07) is 6.83. The highest BCUT2D eigenvalue weighted by Crippen LogP contribution is 2.37. The van der Waals surface area contributed by atoms with Crippen molar-refractivity contribution in [1.82, 2.24) is 4.57 Å². The zero-order valence-corrected chi connectivity index (χ0v) is 12.7. The van der Waals surface area contributed by atoms with Crippen LogP contribution in [0.1, 0.15) is 20.8 Å². The predicted molar refractivity (Wildman–Crippen MR) is 79.9 cm³/mol. The van der Waals surface area contributed by atoms with Gasteiger partial charge in [0, 0.05) is 18.2 Å². The minimum atomic E-state index is -0.0184. The van der Waals surface area contributed by atoms with Gasteiger partial charge in [0.1, 0.15) is 0 Å². The van der Waals surface area contributed by atoms with E-state index in [1.54, 1.807) is 32.4 Å². The molecule has 0 N–H and O–H groups in total.